The van der Waals surface area contributed by atoms with E-state index in [0.29, 0.717) is 30.4 Å². The fourth-order valence-corrected chi connectivity index (χ4v) is 4.52. The maximum Gasteiger partial charge on any atom is 0.327 e. The van der Waals surface area contributed by atoms with Crippen LogP contribution < -0.4 is 10.1 Å². The number of imidazole rings is 1. The molecule has 29 heavy (non-hydrogen) atoms. The predicted molar refractivity (Wildman–Crippen MR) is 113 cm³/mol. The van der Waals surface area contributed by atoms with Gasteiger partial charge in [0.25, 0.3) is 0 Å². The van der Waals surface area contributed by atoms with E-state index in [0.717, 1.165) is 34.7 Å². The van der Waals surface area contributed by atoms with Gasteiger partial charge in [0.1, 0.15) is 11.5 Å². The van der Waals surface area contributed by atoms with Gasteiger partial charge in [-0.05, 0) is 48.7 Å². The minimum atomic E-state index is -1.21. The molecule has 0 spiro atoms. The zero-order chi connectivity index (χ0) is 20.2. The van der Waals surface area contributed by atoms with Gasteiger partial charge < -0.3 is 14.6 Å². The molecule has 1 aliphatic heterocycles. The number of carbonyl (C=O) groups is 1. The molecule has 1 aromatic heterocycles. The van der Waals surface area contributed by atoms with E-state index >= 15 is 0 Å². The second kappa shape index (κ2) is 8.71. The summed E-state index contributed by atoms with van der Waals surface area (Å²) in [6.45, 7) is 2.50. The lowest BCUT2D eigenvalue weighted by Gasteiger charge is -2.18. The van der Waals surface area contributed by atoms with Gasteiger partial charge in [0.05, 0.1) is 18.5 Å². The number of hydrogen-bond acceptors (Lipinski definition) is 4. The Kier molecular flexibility index (Phi) is 5.87. The summed E-state index contributed by atoms with van der Waals surface area (Å²) in [7, 11) is 0. The largest absolute Gasteiger partial charge is 0.609 e. The molecule has 1 amide bonds. The molecule has 4 rings (SSSR count). The van der Waals surface area contributed by atoms with Gasteiger partial charge >= 0.3 is 5.16 Å². The average Bonchev–Trinajstić information content (AvgIpc) is 3.21. The van der Waals surface area contributed by atoms with E-state index in [9.17, 15) is 9.35 Å². The van der Waals surface area contributed by atoms with Crippen molar-refractivity contribution in [1.29, 1.82) is 0 Å². The molecule has 2 heterocycles. The second-order valence-corrected chi connectivity index (χ2v) is 8.45. The van der Waals surface area contributed by atoms with Gasteiger partial charge in [-0.1, -0.05) is 18.2 Å². The first-order chi connectivity index (χ1) is 14.1. The van der Waals surface area contributed by atoms with Crippen molar-refractivity contribution in [2.24, 2.45) is 0 Å². The van der Waals surface area contributed by atoms with E-state index in [1.807, 2.05) is 60.2 Å². The fraction of sp³-hybridized carbons (Fsp3) is 0.273. The van der Waals surface area contributed by atoms with Crippen LogP contribution in [0.15, 0.2) is 60.0 Å². The van der Waals surface area contributed by atoms with E-state index in [1.54, 1.807) is 6.20 Å². The highest BCUT2D eigenvalue weighted by Gasteiger charge is 2.20. The Labute approximate surface area is 173 Å². The zero-order valence-corrected chi connectivity index (χ0v) is 17.1. The molecule has 2 aromatic carbocycles. The normalized spacial score (nSPS) is 14.2. The summed E-state index contributed by atoms with van der Waals surface area (Å²) in [5, 5.41) is 3.42. The quantitative estimate of drug-likeness (QED) is 0.477. The maximum absolute atomic E-state index is 12.8. The number of hydrogen-bond donors (Lipinski definition) is 1. The molecule has 0 bridgehead atoms. The number of carbonyl (C=O) groups excluding carboxylic acids is 1. The number of aromatic nitrogens is 2. The molecule has 0 aliphatic carbocycles. The van der Waals surface area contributed by atoms with Crippen LogP contribution in [0.5, 0.6) is 5.75 Å². The molecule has 0 radical (unpaired) electrons. The van der Waals surface area contributed by atoms with Crippen LogP contribution in [0, 0.1) is 6.92 Å². The van der Waals surface area contributed by atoms with E-state index in [2.05, 4.69) is 10.3 Å². The molecular formula is C22H23N3O3S. The molecule has 1 atom stereocenters. The number of nitrogens with zero attached hydrogens (tertiary/aromatic N) is 2. The monoisotopic (exact) mass is 409 g/mol. The molecule has 0 fully saturated rings. The van der Waals surface area contributed by atoms with Gasteiger partial charge in [0.15, 0.2) is 0 Å². The maximum atomic E-state index is 12.8. The predicted octanol–water partition coefficient (Wildman–Crippen LogP) is 3.64. The van der Waals surface area contributed by atoms with Crippen LogP contribution >= 0.6 is 0 Å². The molecule has 1 aliphatic rings. The zero-order valence-electron chi connectivity index (χ0n) is 16.3. The summed E-state index contributed by atoms with van der Waals surface area (Å²) in [4.78, 5) is 15.8. The molecule has 0 saturated carbocycles. The lowest BCUT2D eigenvalue weighted by atomic mass is 10.0. The summed E-state index contributed by atoms with van der Waals surface area (Å²) in [5.41, 5.74) is 4.05. The van der Waals surface area contributed by atoms with E-state index in [4.69, 9.17) is 4.74 Å². The van der Waals surface area contributed by atoms with Crippen LogP contribution in [0.4, 0.5) is 5.69 Å². The van der Waals surface area contributed by atoms with Gasteiger partial charge in [0, 0.05) is 35.9 Å². The highest BCUT2D eigenvalue weighted by atomic mass is 32.2. The number of benzene rings is 2. The highest BCUT2D eigenvalue weighted by Crippen LogP contribution is 2.27. The molecule has 150 valence electrons. The summed E-state index contributed by atoms with van der Waals surface area (Å²) in [6, 6.07) is 13.7. The number of nitrogens with one attached hydrogen (secondary N) is 1. The standard InChI is InChI=1S/C22H23N3O3S/c1-16-5-2-3-6-20(16)25-12-11-23-22(25)29(27)14-4-13-28-18-8-9-19-17(15-18)7-10-21(26)24-19/h2-3,5-6,8-9,11-12,15H,4,7,10,13-14H2,1H3,(H,24,26). The van der Waals surface area contributed by atoms with Crippen LogP contribution in [-0.4, -0.2) is 32.4 Å². The summed E-state index contributed by atoms with van der Waals surface area (Å²) in [5.74, 6) is 1.30. The van der Waals surface area contributed by atoms with Crippen molar-refractivity contribution >= 4 is 22.8 Å². The SMILES string of the molecule is Cc1ccccc1-n1ccnc1[S+]([O-])CCCOc1ccc2c(c1)CCC(=O)N2. The van der Waals surface area contributed by atoms with Crippen molar-refractivity contribution in [3.8, 4) is 11.4 Å². The molecule has 7 heteroatoms. The summed E-state index contributed by atoms with van der Waals surface area (Å²) in [6.07, 6.45) is 5.41. The van der Waals surface area contributed by atoms with Crippen molar-refractivity contribution < 1.29 is 14.1 Å². The van der Waals surface area contributed by atoms with E-state index in [-0.39, 0.29) is 5.91 Å². The lowest BCUT2D eigenvalue weighted by molar-refractivity contribution is -0.116. The molecule has 1 N–H and O–H groups in total. The smallest absolute Gasteiger partial charge is 0.327 e. The molecular weight excluding hydrogens is 386 g/mol. The number of ether oxygens (including phenoxy) is 1. The first-order valence-electron chi connectivity index (χ1n) is 9.65. The number of anilines is 1. The third-order valence-electron chi connectivity index (χ3n) is 4.90. The van der Waals surface area contributed by atoms with Crippen LogP contribution in [-0.2, 0) is 22.4 Å². The van der Waals surface area contributed by atoms with Crippen molar-refractivity contribution in [1.82, 2.24) is 9.55 Å². The fourth-order valence-electron chi connectivity index (χ4n) is 3.40. The van der Waals surface area contributed by atoms with Crippen molar-refractivity contribution in [2.75, 3.05) is 17.7 Å². The second-order valence-electron chi connectivity index (χ2n) is 6.99. The average molecular weight is 410 g/mol. The van der Waals surface area contributed by atoms with Crippen molar-refractivity contribution in [2.45, 2.75) is 31.3 Å². The topological polar surface area (TPSA) is 79.2 Å². The Morgan fingerprint density at radius 2 is 2.10 bits per heavy atom. The Bertz CT molecular complexity index is 1020. The van der Waals surface area contributed by atoms with Gasteiger partial charge in [-0.25, -0.2) is 0 Å². The van der Waals surface area contributed by atoms with Crippen LogP contribution in [0.3, 0.4) is 0 Å². The van der Waals surface area contributed by atoms with Crippen molar-refractivity contribution in [3.63, 3.8) is 0 Å². The number of para-hydroxylation sites is 1. The Balaban J connectivity index is 1.32. The van der Waals surface area contributed by atoms with Crippen LogP contribution in [0.1, 0.15) is 24.0 Å². The number of aryl methyl sites for hydroxylation is 2. The number of rotatable bonds is 7. The van der Waals surface area contributed by atoms with E-state index < -0.39 is 11.2 Å². The van der Waals surface area contributed by atoms with E-state index in [1.165, 1.54) is 0 Å². The van der Waals surface area contributed by atoms with Gasteiger partial charge in [-0.2, -0.15) is 4.98 Å². The first kappa shape index (κ1) is 19.5. The third-order valence-corrected chi connectivity index (χ3v) is 6.27. The Morgan fingerprint density at radius 3 is 2.97 bits per heavy atom. The Hall–Kier alpha value is -2.77. The molecule has 6 nitrogen and oxygen atoms in total. The van der Waals surface area contributed by atoms with Crippen LogP contribution in [0.25, 0.3) is 5.69 Å². The molecule has 0 saturated heterocycles. The third kappa shape index (κ3) is 4.46. The highest BCUT2D eigenvalue weighted by molar-refractivity contribution is 7.91. The Morgan fingerprint density at radius 1 is 1.24 bits per heavy atom. The van der Waals surface area contributed by atoms with Gasteiger partial charge in [-0.3, -0.25) is 9.36 Å². The van der Waals surface area contributed by atoms with Gasteiger partial charge in [0.2, 0.25) is 5.91 Å². The van der Waals surface area contributed by atoms with Crippen LogP contribution in [0.2, 0.25) is 0 Å². The lowest BCUT2D eigenvalue weighted by Crippen LogP contribution is -2.19. The summed E-state index contributed by atoms with van der Waals surface area (Å²) < 4.78 is 20.5. The summed E-state index contributed by atoms with van der Waals surface area (Å²) >= 11 is -1.21. The minimum Gasteiger partial charge on any atom is -0.609 e. The molecule has 3 aromatic rings. The number of amides is 1. The number of fused-ring (bicyclic) bond motifs is 1. The van der Waals surface area contributed by atoms with Gasteiger partial charge in [-0.15, -0.1) is 0 Å². The first-order valence-corrected chi connectivity index (χ1v) is 11.0. The van der Waals surface area contributed by atoms with Crippen molar-refractivity contribution in [3.05, 3.63) is 66.0 Å². The molecule has 1 unspecified atom stereocenters. The minimum absolute atomic E-state index is 0.0534.